The lowest BCUT2D eigenvalue weighted by molar-refractivity contribution is 0.872. The zero-order chi connectivity index (χ0) is 15.1. The van der Waals surface area contributed by atoms with Crippen LogP contribution in [0.5, 0.6) is 0 Å². The molecule has 0 spiro atoms. The van der Waals surface area contributed by atoms with E-state index in [1.807, 2.05) is 42.7 Å². The maximum atomic E-state index is 6.31. The number of nitrogens with zero attached hydrogens (tertiary/aromatic N) is 3. The summed E-state index contributed by atoms with van der Waals surface area (Å²) in [4.78, 5) is 9.10. The van der Waals surface area contributed by atoms with Gasteiger partial charge in [0.15, 0.2) is 5.65 Å². The number of alkyl halides is 1. The van der Waals surface area contributed by atoms with E-state index in [9.17, 15) is 0 Å². The highest BCUT2D eigenvalue weighted by molar-refractivity contribution is 9.10. The monoisotopic (exact) mass is 383 g/mol. The van der Waals surface area contributed by atoms with Crippen LogP contribution < -0.4 is 0 Å². The third-order valence-electron chi connectivity index (χ3n) is 3.26. The van der Waals surface area contributed by atoms with Gasteiger partial charge in [-0.2, -0.15) is 0 Å². The Hall–Kier alpha value is -1.10. The van der Waals surface area contributed by atoms with Crippen molar-refractivity contribution in [2.24, 2.45) is 0 Å². The van der Waals surface area contributed by atoms with Gasteiger partial charge in [-0.15, -0.1) is 11.6 Å². The Balaban J connectivity index is 2.39. The molecule has 0 bridgehead atoms. The molecule has 3 aromatic rings. The molecule has 1 atom stereocenters. The van der Waals surface area contributed by atoms with Gasteiger partial charge in [0, 0.05) is 15.7 Å². The number of hydrogen-bond acceptors (Lipinski definition) is 2. The van der Waals surface area contributed by atoms with Crippen LogP contribution in [0.25, 0.3) is 16.9 Å². The van der Waals surface area contributed by atoms with Crippen LogP contribution in [0.15, 0.2) is 34.9 Å². The predicted molar refractivity (Wildman–Crippen MR) is 90.6 cm³/mol. The number of aryl methyl sites for hydroxylation is 1. The van der Waals surface area contributed by atoms with Crippen molar-refractivity contribution in [3.8, 4) is 5.69 Å². The van der Waals surface area contributed by atoms with E-state index in [1.165, 1.54) is 0 Å². The first-order valence-corrected chi connectivity index (χ1v) is 8.02. The third-order valence-corrected chi connectivity index (χ3v) is 4.12. The van der Waals surface area contributed by atoms with Gasteiger partial charge in [0.2, 0.25) is 0 Å². The van der Waals surface area contributed by atoms with E-state index < -0.39 is 0 Å². The SMILES string of the molecule is Cc1ccc(Cl)cc1-n1c(C(C)Cl)nc2cc(Br)cnc21. The van der Waals surface area contributed by atoms with Crippen LogP contribution in [0, 0.1) is 6.92 Å². The summed E-state index contributed by atoms with van der Waals surface area (Å²) < 4.78 is 2.86. The van der Waals surface area contributed by atoms with Crippen LogP contribution in [-0.4, -0.2) is 14.5 Å². The van der Waals surface area contributed by atoms with Crippen molar-refractivity contribution in [2.45, 2.75) is 19.2 Å². The summed E-state index contributed by atoms with van der Waals surface area (Å²) in [6, 6.07) is 7.68. The molecule has 0 saturated heterocycles. The molecule has 21 heavy (non-hydrogen) atoms. The molecule has 2 aromatic heterocycles. The summed E-state index contributed by atoms with van der Waals surface area (Å²) in [7, 11) is 0. The maximum absolute atomic E-state index is 6.31. The van der Waals surface area contributed by atoms with Gasteiger partial charge < -0.3 is 0 Å². The Morgan fingerprint density at radius 2 is 2.05 bits per heavy atom. The zero-order valence-electron chi connectivity index (χ0n) is 11.4. The van der Waals surface area contributed by atoms with Crippen molar-refractivity contribution < 1.29 is 0 Å². The van der Waals surface area contributed by atoms with E-state index in [2.05, 4.69) is 25.9 Å². The quantitative estimate of drug-likeness (QED) is 0.550. The molecule has 0 N–H and O–H groups in total. The Morgan fingerprint density at radius 1 is 1.29 bits per heavy atom. The van der Waals surface area contributed by atoms with E-state index in [0.717, 1.165) is 32.7 Å². The molecule has 6 heteroatoms. The molecule has 1 unspecified atom stereocenters. The van der Waals surface area contributed by atoms with E-state index >= 15 is 0 Å². The molecule has 0 amide bonds. The van der Waals surface area contributed by atoms with Gasteiger partial charge in [0.1, 0.15) is 11.3 Å². The second kappa shape index (κ2) is 5.59. The number of fused-ring (bicyclic) bond motifs is 1. The molecule has 108 valence electrons. The molecule has 1 aromatic carbocycles. The Bertz CT molecular complexity index is 827. The fourth-order valence-electron chi connectivity index (χ4n) is 2.29. The van der Waals surface area contributed by atoms with Crippen LogP contribution in [-0.2, 0) is 0 Å². The average molecular weight is 385 g/mol. The maximum Gasteiger partial charge on any atom is 0.164 e. The first-order chi connectivity index (χ1) is 9.97. The summed E-state index contributed by atoms with van der Waals surface area (Å²) in [5.41, 5.74) is 3.60. The van der Waals surface area contributed by atoms with E-state index in [0.29, 0.717) is 5.02 Å². The Kier molecular flexibility index (Phi) is 3.95. The van der Waals surface area contributed by atoms with Gasteiger partial charge in [-0.05, 0) is 53.5 Å². The first-order valence-electron chi connectivity index (χ1n) is 6.42. The second-order valence-electron chi connectivity index (χ2n) is 4.85. The molecule has 0 radical (unpaired) electrons. The van der Waals surface area contributed by atoms with Crippen LogP contribution in [0.2, 0.25) is 5.02 Å². The summed E-state index contributed by atoms with van der Waals surface area (Å²) in [5.74, 6) is 0.752. The highest BCUT2D eigenvalue weighted by Gasteiger charge is 2.19. The van der Waals surface area contributed by atoms with Gasteiger partial charge in [-0.3, -0.25) is 4.57 Å². The van der Waals surface area contributed by atoms with Gasteiger partial charge >= 0.3 is 0 Å². The summed E-state index contributed by atoms with van der Waals surface area (Å²) >= 11 is 15.9. The van der Waals surface area contributed by atoms with E-state index in [-0.39, 0.29) is 5.38 Å². The predicted octanol–water partition coefficient (Wildman–Crippen LogP) is 5.44. The van der Waals surface area contributed by atoms with Crippen LogP contribution >= 0.6 is 39.1 Å². The summed E-state index contributed by atoms with van der Waals surface area (Å²) in [6.45, 7) is 3.92. The minimum atomic E-state index is -0.239. The van der Waals surface area contributed by atoms with Crippen LogP contribution in [0.3, 0.4) is 0 Å². The standard InChI is InChI=1S/C15H12BrCl2N3/c1-8-3-4-11(18)6-13(8)21-14(9(2)17)20-12-5-10(16)7-19-15(12)21/h3-7,9H,1-2H3. The summed E-state index contributed by atoms with van der Waals surface area (Å²) in [6.07, 6.45) is 1.75. The highest BCUT2D eigenvalue weighted by atomic mass is 79.9. The lowest BCUT2D eigenvalue weighted by Gasteiger charge is -2.13. The van der Waals surface area contributed by atoms with Gasteiger partial charge in [-0.25, -0.2) is 9.97 Å². The lowest BCUT2D eigenvalue weighted by atomic mass is 10.2. The number of halogens is 3. The normalized spacial score (nSPS) is 12.8. The molecule has 0 fully saturated rings. The number of hydrogen-bond donors (Lipinski definition) is 0. The minimum Gasteiger partial charge on any atom is -0.279 e. The van der Waals surface area contributed by atoms with Crippen molar-refractivity contribution in [3.05, 3.63) is 51.3 Å². The average Bonchev–Trinajstić information content (AvgIpc) is 2.80. The number of benzene rings is 1. The van der Waals surface area contributed by atoms with Crippen molar-refractivity contribution in [1.29, 1.82) is 0 Å². The summed E-state index contributed by atoms with van der Waals surface area (Å²) in [5, 5.41) is 0.430. The van der Waals surface area contributed by atoms with Gasteiger partial charge in [0.05, 0.1) is 11.1 Å². The van der Waals surface area contributed by atoms with Crippen molar-refractivity contribution in [1.82, 2.24) is 14.5 Å². The molecule has 0 aliphatic heterocycles. The lowest BCUT2D eigenvalue weighted by Crippen LogP contribution is -2.04. The van der Waals surface area contributed by atoms with Crippen molar-refractivity contribution in [3.63, 3.8) is 0 Å². The second-order valence-corrected chi connectivity index (χ2v) is 6.86. The molecular formula is C15H12BrCl2N3. The molecule has 3 nitrogen and oxygen atoms in total. The van der Waals surface area contributed by atoms with Crippen molar-refractivity contribution in [2.75, 3.05) is 0 Å². The number of imidazole rings is 1. The fraction of sp³-hybridized carbons (Fsp3) is 0.200. The largest absolute Gasteiger partial charge is 0.279 e. The molecule has 2 heterocycles. The van der Waals surface area contributed by atoms with Gasteiger partial charge in [0.25, 0.3) is 0 Å². The third kappa shape index (κ3) is 2.68. The smallest absolute Gasteiger partial charge is 0.164 e. The Labute approximate surface area is 141 Å². The Morgan fingerprint density at radius 3 is 2.76 bits per heavy atom. The minimum absolute atomic E-state index is 0.239. The fourth-order valence-corrected chi connectivity index (χ4v) is 2.92. The van der Waals surface area contributed by atoms with Gasteiger partial charge in [-0.1, -0.05) is 17.7 Å². The molecule has 0 saturated carbocycles. The van der Waals surface area contributed by atoms with E-state index in [4.69, 9.17) is 23.2 Å². The molecule has 0 aliphatic rings. The number of pyridine rings is 1. The molecule has 3 rings (SSSR count). The zero-order valence-corrected chi connectivity index (χ0v) is 14.5. The van der Waals surface area contributed by atoms with Crippen molar-refractivity contribution >= 4 is 50.3 Å². The van der Waals surface area contributed by atoms with E-state index in [1.54, 1.807) is 6.20 Å². The highest BCUT2D eigenvalue weighted by Crippen LogP contribution is 2.30. The first kappa shape index (κ1) is 14.8. The van der Waals surface area contributed by atoms with Crippen LogP contribution in [0.4, 0.5) is 0 Å². The topological polar surface area (TPSA) is 30.7 Å². The molecular weight excluding hydrogens is 373 g/mol. The van der Waals surface area contributed by atoms with Crippen LogP contribution in [0.1, 0.15) is 23.7 Å². The molecule has 0 aliphatic carbocycles. The number of rotatable bonds is 2. The number of aromatic nitrogens is 3.